The van der Waals surface area contributed by atoms with E-state index in [-0.39, 0.29) is 5.41 Å². The van der Waals surface area contributed by atoms with Crippen LogP contribution in [-0.2, 0) is 12.0 Å². The highest BCUT2D eigenvalue weighted by molar-refractivity contribution is 5.37. The van der Waals surface area contributed by atoms with Gasteiger partial charge in [0.25, 0.3) is 0 Å². The number of likely N-dealkylation sites (N-methyl/N-ethyl adjacent to an activating group) is 1. The van der Waals surface area contributed by atoms with Crippen molar-refractivity contribution in [2.75, 3.05) is 25.0 Å². The lowest BCUT2D eigenvalue weighted by Gasteiger charge is -2.37. The SMILES string of the molecule is CN(Cc1ncc(C(C)(C)C)o1)[C@@H]1CCCN(c2cccnn2)C1. The Morgan fingerprint density at radius 3 is 2.88 bits per heavy atom. The first-order valence-electron chi connectivity index (χ1n) is 8.61. The summed E-state index contributed by atoms with van der Waals surface area (Å²) in [4.78, 5) is 9.10. The predicted molar refractivity (Wildman–Crippen MR) is 93.9 cm³/mol. The molecule has 0 bridgehead atoms. The molecule has 130 valence electrons. The van der Waals surface area contributed by atoms with Crippen molar-refractivity contribution in [3.63, 3.8) is 0 Å². The summed E-state index contributed by atoms with van der Waals surface area (Å²) in [6, 6.07) is 4.43. The van der Waals surface area contributed by atoms with Gasteiger partial charge in [-0.2, -0.15) is 5.10 Å². The molecule has 2 aromatic heterocycles. The second-order valence-corrected chi connectivity index (χ2v) is 7.61. The lowest BCUT2D eigenvalue weighted by molar-refractivity contribution is 0.187. The number of hydrogen-bond acceptors (Lipinski definition) is 6. The Balaban J connectivity index is 1.62. The van der Waals surface area contributed by atoms with Gasteiger partial charge in [-0.25, -0.2) is 4.98 Å². The van der Waals surface area contributed by atoms with Gasteiger partial charge >= 0.3 is 0 Å². The minimum Gasteiger partial charge on any atom is -0.444 e. The van der Waals surface area contributed by atoms with Crippen LogP contribution in [0.15, 0.2) is 28.9 Å². The number of rotatable bonds is 4. The van der Waals surface area contributed by atoms with Gasteiger partial charge in [-0.3, -0.25) is 4.90 Å². The molecule has 1 aliphatic heterocycles. The van der Waals surface area contributed by atoms with Crippen molar-refractivity contribution in [2.24, 2.45) is 0 Å². The standard InChI is InChI=1S/C18H27N5O/c1-18(2,3)15-11-19-17(24-15)13-22(4)14-7-6-10-23(12-14)16-8-5-9-20-21-16/h5,8-9,11,14H,6-7,10,12-13H2,1-4H3/t14-/m1/s1. The van der Waals surface area contributed by atoms with Crippen LogP contribution in [-0.4, -0.2) is 46.3 Å². The van der Waals surface area contributed by atoms with Gasteiger partial charge < -0.3 is 9.32 Å². The molecule has 1 aliphatic rings. The number of aromatic nitrogens is 3. The molecular weight excluding hydrogens is 302 g/mol. The molecule has 1 atom stereocenters. The quantitative estimate of drug-likeness (QED) is 0.860. The largest absolute Gasteiger partial charge is 0.444 e. The van der Waals surface area contributed by atoms with E-state index >= 15 is 0 Å². The molecule has 0 spiro atoms. The Morgan fingerprint density at radius 2 is 2.21 bits per heavy atom. The molecule has 0 N–H and O–H groups in total. The molecule has 0 amide bonds. The monoisotopic (exact) mass is 329 g/mol. The highest BCUT2D eigenvalue weighted by atomic mass is 16.4. The zero-order valence-corrected chi connectivity index (χ0v) is 15.1. The van der Waals surface area contributed by atoms with Crippen molar-refractivity contribution in [3.8, 4) is 0 Å². The molecule has 1 fully saturated rings. The number of oxazole rings is 1. The van der Waals surface area contributed by atoms with Crippen LogP contribution in [0, 0.1) is 0 Å². The second kappa shape index (κ2) is 6.89. The van der Waals surface area contributed by atoms with E-state index in [0.29, 0.717) is 6.04 Å². The maximum Gasteiger partial charge on any atom is 0.208 e. The van der Waals surface area contributed by atoms with E-state index < -0.39 is 0 Å². The third kappa shape index (κ3) is 3.93. The molecule has 6 heteroatoms. The van der Waals surface area contributed by atoms with Crippen LogP contribution in [0.5, 0.6) is 0 Å². The third-order valence-corrected chi connectivity index (χ3v) is 4.58. The van der Waals surface area contributed by atoms with Crippen LogP contribution in [0.3, 0.4) is 0 Å². The number of anilines is 1. The molecule has 0 radical (unpaired) electrons. The summed E-state index contributed by atoms with van der Waals surface area (Å²) in [5, 5.41) is 8.23. The fourth-order valence-corrected chi connectivity index (χ4v) is 3.06. The van der Waals surface area contributed by atoms with Crippen molar-refractivity contribution in [3.05, 3.63) is 36.2 Å². The first-order chi connectivity index (χ1) is 11.4. The summed E-state index contributed by atoms with van der Waals surface area (Å²) in [5.41, 5.74) is -0.00254. The highest BCUT2D eigenvalue weighted by Gasteiger charge is 2.26. The highest BCUT2D eigenvalue weighted by Crippen LogP contribution is 2.24. The molecule has 0 saturated carbocycles. The van der Waals surface area contributed by atoms with Crippen LogP contribution in [0.25, 0.3) is 0 Å². The van der Waals surface area contributed by atoms with E-state index in [0.717, 1.165) is 43.5 Å². The Labute approximate surface area is 143 Å². The van der Waals surface area contributed by atoms with E-state index in [1.54, 1.807) is 6.20 Å². The minimum atomic E-state index is -0.00254. The van der Waals surface area contributed by atoms with E-state index in [1.165, 1.54) is 6.42 Å². The van der Waals surface area contributed by atoms with Gasteiger partial charge in [-0.05, 0) is 32.0 Å². The van der Waals surface area contributed by atoms with Crippen molar-refractivity contribution >= 4 is 5.82 Å². The molecule has 0 aliphatic carbocycles. The summed E-state index contributed by atoms with van der Waals surface area (Å²) >= 11 is 0. The number of hydrogen-bond donors (Lipinski definition) is 0. The Kier molecular flexibility index (Phi) is 4.85. The average Bonchev–Trinajstić information content (AvgIpc) is 3.05. The van der Waals surface area contributed by atoms with Gasteiger partial charge in [0.05, 0.1) is 12.7 Å². The van der Waals surface area contributed by atoms with Gasteiger partial charge in [-0.1, -0.05) is 20.8 Å². The van der Waals surface area contributed by atoms with Gasteiger partial charge in [0.1, 0.15) is 5.76 Å². The van der Waals surface area contributed by atoms with Gasteiger partial charge in [0.15, 0.2) is 5.82 Å². The molecule has 0 aromatic carbocycles. The van der Waals surface area contributed by atoms with Gasteiger partial charge in [0, 0.05) is 30.7 Å². The average molecular weight is 329 g/mol. The van der Waals surface area contributed by atoms with Crippen LogP contribution < -0.4 is 4.90 Å². The van der Waals surface area contributed by atoms with Crippen molar-refractivity contribution in [2.45, 2.75) is 51.6 Å². The topological polar surface area (TPSA) is 58.3 Å². The molecule has 2 aromatic rings. The Hall–Kier alpha value is -1.95. The van der Waals surface area contributed by atoms with E-state index in [4.69, 9.17) is 4.42 Å². The maximum atomic E-state index is 5.93. The number of piperidine rings is 1. The first-order valence-corrected chi connectivity index (χ1v) is 8.61. The third-order valence-electron chi connectivity index (χ3n) is 4.58. The Morgan fingerprint density at radius 1 is 1.38 bits per heavy atom. The molecule has 1 saturated heterocycles. The summed E-state index contributed by atoms with van der Waals surface area (Å²) in [5.74, 6) is 2.69. The lowest BCUT2D eigenvalue weighted by atomic mass is 9.94. The van der Waals surface area contributed by atoms with Crippen LogP contribution in [0.2, 0.25) is 0 Å². The molecule has 24 heavy (non-hydrogen) atoms. The predicted octanol–water partition coefficient (Wildman–Crippen LogP) is 2.86. The van der Waals surface area contributed by atoms with Crippen molar-refractivity contribution in [1.29, 1.82) is 0 Å². The van der Waals surface area contributed by atoms with Crippen LogP contribution in [0.1, 0.15) is 45.3 Å². The molecule has 0 unspecified atom stereocenters. The zero-order valence-electron chi connectivity index (χ0n) is 15.1. The summed E-state index contributed by atoms with van der Waals surface area (Å²) in [6.07, 6.45) is 5.91. The maximum absolute atomic E-state index is 5.93. The summed E-state index contributed by atoms with van der Waals surface area (Å²) < 4.78 is 5.93. The summed E-state index contributed by atoms with van der Waals surface area (Å²) in [7, 11) is 2.14. The fraction of sp³-hybridized carbons (Fsp3) is 0.611. The second-order valence-electron chi connectivity index (χ2n) is 7.61. The smallest absolute Gasteiger partial charge is 0.208 e. The van der Waals surface area contributed by atoms with E-state index in [9.17, 15) is 0 Å². The van der Waals surface area contributed by atoms with E-state index in [2.05, 4.69) is 52.8 Å². The van der Waals surface area contributed by atoms with Gasteiger partial charge in [-0.15, -0.1) is 5.10 Å². The van der Waals surface area contributed by atoms with Crippen LogP contribution >= 0.6 is 0 Å². The fourth-order valence-electron chi connectivity index (χ4n) is 3.06. The molecule has 3 rings (SSSR count). The van der Waals surface area contributed by atoms with Gasteiger partial charge in [0.2, 0.25) is 5.89 Å². The van der Waals surface area contributed by atoms with Crippen molar-refractivity contribution < 1.29 is 4.42 Å². The summed E-state index contributed by atoms with van der Waals surface area (Å²) in [6.45, 7) is 9.15. The molecule has 3 heterocycles. The van der Waals surface area contributed by atoms with E-state index in [1.807, 2.05) is 18.3 Å². The van der Waals surface area contributed by atoms with Crippen molar-refractivity contribution in [1.82, 2.24) is 20.1 Å². The Bertz CT molecular complexity index is 649. The first kappa shape index (κ1) is 16.9. The molecule has 6 nitrogen and oxygen atoms in total. The normalized spacial score (nSPS) is 19.0. The lowest BCUT2D eigenvalue weighted by Crippen LogP contribution is -2.46. The van der Waals surface area contributed by atoms with Crippen LogP contribution in [0.4, 0.5) is 5.82 Å². The number of nitrogens with zero attached hydrogens (tertiary/aromatic N) is 5. The minimum absolute atomic E-state index is 0.00254. The zero-order chi connectivity index (χ0) is 17.2. The molecular formula is C18H27N5O.